The van der Waals surface area contributed by atoms with E-state index in [4.69, 9.17) is 0 Å². The monoisotopic (exact) mass is 398 g/mol. The summed E-state index contributed by atoms with van der Waals surface area (Å²) in [5.41, 5.74) is -1.03. The summed E-state index contributed by atoms with van der Waals surface area (Å²) < 4.78 is 41.6. The molecular formula is C21H17F3N4O. The Kier molecular flexibility index (Phi) is 4.79. The maximum absolute atomic E-state index is 14.5. The first-order chi connectivity index (χ1) is 13.8. The lowest BCUT2D eigenvalue weighted by Gasteiger charge is -2.33. The highest BCUT2D eigenvalue weighted by atomic mass is 19.1. The second-order valence-electron chi connectivity index (χ2n) is 7.03. The molecule has 2 aromatic carbocycles. The van der Waals surface area contributed by atoms with Crippen LogP contribution in [-0.2, 0) is 12.0 Å². The number of hydrogen-bond donors (Lipinski definition) is 2. The van der Waals surface area contributed by atoms with Gasteiger partial charge in [0.15, 0.2) is 0 Å². The molecule has 0 aliphatic carbocycles. The first-order valence-electron chi connectivity index (χ1n) is 8.93. The molecule has 0 aliphatic rings. The normalized spacial score (nSPS) is 14.7. The molecular weight excluding hydrogens is 381 g/mol. The molecule has 0 amide bonds. The number of rotatable bonds is 5. The van der Waals surface area contributed by atoms with E-state index in [1.54, 1.807) is 18.2 Å². The Labute approximate surface area is 164 Å². The molecule has 0 saturated carbocycles. The van der Waals surface area contributed by atoms with Gasteiger partial charge in [0, 0.05) is 41.1 Å². The van der Waals surface area contributed by atoms with Crippen LogP contribution in [0.25, 0.3) is 10.9 Å². The molecule has 0 fully saturated rings. The van der Waals surface area contributed by atoms with Crippen molar-refractivity contribution in [3.05, 3.63) is 89.4 Å². The van der Waals surface area contributed by atoms with Crippen LogP contribution in [0.15, 0.2) is 54.9 Å². The number of aromatic amines is 1. The van der Waals surface area contributed by atoms with Gasteiger partial charge in [0.25, 0.3) is 0 Å². The van der Waals surface area contributed by atoms with Crippen LogP contribution >= 0.6 is 0 Å². The number of hydrogen-bond acceptors (Lipinski definition) is 4. The summed E-state index contributed by atoms with van der Waals surface area (Å²) in [5.74, 6) is -2.37. The van der Waals surface area contributed by atoms with Crippen molar-refractivity contribution in [3.63, 3.8) is 0 Å². The molecule has 0 spiro atoms. The van der Waals surface area contributed by atoms with Crippen molar-refractivity contribution in [2.24, 2.45) is 0 Å². The Morgan fingerprint density at radius 2 is 1.76 bits per heavy atom. The van der Waals surface area contributed by atoms with Crippen LogP contribution in [0, 0.1) is 17.5 Å². The number of halogens is 3. The highest BCUT2D eigenvalue weighted by Crippen LogP contribution is 2.39. The minimum atomic E-state index is -1.77. The fraction of sp³-hybridized carbons (Fsp3) is 0.190. The van der Waals surface area contributed by atoms with Crippen LogP contribution < -0.4 is 0 Å². The van der Waals surface area contributed by atoms with Crippen LogP contribution in [0.2, 0.25) is 0 Å². The van der Waals surface area contributed by atoms with Gasteiger partial charge in [-0.3, -0.25) is 10.1 Å². The van der Waals surface area contributed by atoms with E-state index in [1.807, 2.05) is 0 Å². The molecule has 5 nitrogen and oxygen atoms in total. The largest absolute Gasteiger partial charge is 0.385 e. The molecule has 2 atom stereocenters. The number of aromatic nitrogens is 4. The predicted octanol–water partition coefficient (Wildman–Crippen LogP) is 4.00. The quantitative estimate of drug-likeness (QED) is 0.533. The molecule has 29 heavy (non-hydrogen) atoms. The number of pyridine rings is 1. The zero-order chi connectivity index (χ0) is 20.6. The molecule has 8 heteroatoms. The van der Waals surface area contributed by atoms with Gasteiger partial charge in [-0.1, -0.05) is 12.1 Å². The third-order valence-electron chi connectivity index (χ3n) is 5.05. The van der Waals surface area contributed by atoms with Crippen molar-refractivity contribution in [2.45, 2.75) is 24.9 Å². The van der Waals surface area contributed by atoms with E-state index >= 15 is 0 Å². The molecule has 4 rings (SSSR count). The number of fused-ring (bicyclic) bond motifs is 1. The van der Waals surface area contributed by atoms with Gasteiger partial charge in [-0.05, 0) is 31.2 Å². The summed E-state index contributed by atoms with van der Waals surface area (Å²) in [6.45, 7) is 1.43. The van der Waals surface area contributed by atoms with Crippen LogP contribution in [0.1, 0.15) is 29.9 Å². The molecule has 2 unspecified atom stereocenters. The second-order valence-corrected chi connectivity index (χ2v) is 7.03. The van der Waals surface area contributed by atoms with E-state index in [-0.39, 0.29) is 12.0 Å². The highest BCUT2D eigenvalue weighted by Gasteiger charge is 2.38. The van der Waals surface area contributed by atoms with Gasteiger partial charge in [0.2, 0.25) is 0 Å². The SMILES string of the molecule is CC(O)(c1ccc(F)cc1F)C(Cc1ncn[nH]1)c1ccc2ccc(F)cc2n1. The fourth-order valence-corrected chi connectivity index (χ4v) is 3.50. The molecule has 4 aromatic rings. The van der Waals surface area contributed by atoms with Gasteiger partial charge in [0.05, 0.1) is 11.1 Å². The van der Waals surface area contributed by atoms with E-state index in [0.717, 1.165) is 17.5 Å². The van der Waals surface area contributed by atoms with Gasteiger partial charge in [0.1, 0.15) is 29.6 Å². The summed E-state index contributed by atoms with van der Waals surface area (Å²) in [5, 5.41) is 18.6. The maximum atomic E-state index is 14.5. The standard InChI is InChI=1S/C21H17F3N4O/c1-21(29,15-6-5-13(22)8-17(15)24)16(10-20-25-11-26-28-20)18-7-3-12-2-4-14(23)9-19(12)27-18/h2-9,11,16,29H,10H2,1H3,(H,25,26,28). The van der Waals surface area contributed by atoms with Crippen molar-refractivity contribution in [1.29, 1.82) is 0 Å². The number of nitrogens with one attached hydrogen (secondary N) is 1. The van der Waals surface area contributed by atoms with Crippen molar-refractivity contribution in [3.8, 4) is 0 Å². The molecule has 148 valence electrons. The zero-order valence-electron chi connectivity index (χ0n) is 15.4. The molecule has 0 saturated heterocycles. The number of aliphatic hydroxyl groups is 1. The Morgan fingerprint density at radius 1 is 1.03 bits per heavy atom. The van der Waals surface area contributed by atoms with Gasteiger partial charge >= 0.3 is 0 Å². The van der Waals surface area contributed by atoms with Crippen LogP contribution in [-0.4, -0.2) is 25.3 Å². The average molecular weight is 398 g/mol. The van der Waals surface area contributed by atoms with Crippen molar-refractivity contribution in [1.82, 2.24) is 20.2 Å². The van der Waals surface area contributed by atoms with Crippen LogP contribution in [0.3, 0.4) is 0 Å². The maximum Gasteiger partial charge on any atom is 0.137 e. The third kappa shape index (κ3) is 3.71. The lowest BCUT2D eigenvalue weighted by molar-refractivity contribution is 0.0208. The number of benzene rings is 2. The lowest BCUT2D eigenvalue weighted by atomic mass is 9.78. The molecule has 0 bridgehead atoms. The lowest BCUT2D eigenvalue weighted by Crippen LogP contribution is -2.33. The number of H-pyrrole nitrogens is 1. The summed E-state index contributed by atoms with van der Waals surface area (Å²) in [7, 11) is 0. The smallest absolute Gasteiger partial charge is 0.137 e. The van der Waals surface area contributed by atoms with Gasteiger partial charge in [-0.15, -0.1) is 0 Å². The molecule has 2 aromatic heterocycles. The van der Waals surface area contributed by atoms with E-state index in [1.165, 1.54) is 31.5 Å². The number of nitrogens with zero attached hydrogens (tertiary/aromatic N) is 3. The van der Waals surface area contributed by atoms with Gasteiger partial charge < -0.3 is 5.11 Å². The van der Waals surface area contributed by atoms with Crippen molar-refractivity contribution in [2.75, 3.05) is 0 Å². The zero-order valence-corrected chi connectivity index (χ0v) is 15.4. The van der Waals surface area contributed by atoms with E-state index < -0.39 is 29.0 Å². The third-order valence-corrected chi connectivity index (χ3v) is 5.05. The Hall–Kier alpha value is -3.26. The highest BCUT2D eigenvalue weighted by molar-refractivity contribution is 5.78. The van der Waals surface area contributed by atoms with Crippen molar-refractivity contribution < 1.29 is 18.3 Å². The molecule has 0 aliphatic heterocycles. The summed E-state index contributed by atoms with van der Waals surface area (Å²) in [6.07, 6.45) is 1.47. The summed E-state index contributed by atoms with van der Waals surface area (Å²) in [4.78, 5) is 8.58. The molecule has 2 heterocycles. The van der Waals surface area contributed by atoms with Gasteiger partial charge in [-0.2, -0.15) is 5.10 Å². The molecule has 2 N–H and O–H groups in total. The summed E-state index contributed by atoms with van der Waals surface area (Å²) >= 11 is 0. The van der Waals surface area contributed by atoms with Crippen LogP contribution in [0.5, 0.6) is 0 Å². The Morgan fingerprint density at radius 3 is 2.48 bits per heavy atom. The first kappa shape index (κ1) is 19.1. The van der Waals surface area contributed by atoms with E-state index in [2.05, 4.69) is 20.2 Å². The second kappa shape index (κ2) is 7.29. The topological polar surface area (TPSA) is 74.7 Å². The predicted molar refractivity (Wildman–Crippen MR) is 100 cm³/mol. The summed E-state index contributed by atoms with van der Waals surface area (Å²) in [6, 6.07) is 10.7. The minimum absolute atomic E-state index is 0.0791. The van der Waals surface area contributed by atoms with Crippen LogP contribution in [0.4, 0.5) is 13.2 Å². The fourth-order valence-electron chi connectivity index (χ4n) is 3.50. The average Bonchev–Trinajstić information content (AvgIpc) is 3.18. The minimum Gasteiger partial charge on any atom is -0.385 e. The van der Waals surface area contributed by atoms with Gasteiger partial charge in [-0.25, -0.2) is 18.2 Å². The van der Waals surface area contributed by atoms with Crippen molar-refractivity contribution >= 4 is 10.9 Å². The Balaban J connectivity index is 1.85. The van der Waals surface area contributed by atoms with E-state index in [0.29, 0.717) is 17.0 Å². The first-order valence-corrected chi connectivity index (χ1v) is 8.93. The molecule has 0 radical (unpaired) electrons. The van der Waals surface area contributed by atoms with E-state index in [9.17, 15) is 18.3 Å². The Bertz CT molecular complexity index is 1160.